The van der Waals surface area contributed by atoms with Crippen LogP contribution in [0, 0.1) is 6.92 Å². The molecule has 0 aromatic heterocycles. The summed E-state index contributed by atoms with van der Waals surface area (Å²) in [5.74, 6) is -0.200. The summed E-state index contributed by atoms with van der Waals surface area (Å²) in [6.45, 7) is 2.81. The first-order valence-electron chi connectivity index (χ1n) is 9.44. The summed E-state index contributed by atoms with van der Waals surface area (Å²) in [5, 5.41) is 2.80. The zero-order valence-corrected chi connectivity index (χ0v) is 17.2. The maximum absolute atomic E-state index is 13.2. The number of nitrogens with one attached hydrogen (secondary N) is 2. The van der Waals surface area contributed by atoms with Gasteiger partial charge in [-0.3, -0.25) is 4.79 Å². The number of sulfonamides is 1. The maximum atomic E-state index is 13.2. The lowest BCUT2D eigenvalue weighted by atomic mass is 10.2. The quantitative estimate of drug-likeness (QED) is 0.738. The van der Waals surface area contributed by atoms with Crippen LogP contribution in [0.1, 0.15) is 11.1 Å². The number of aryl methyl sites for hydroxylation is 1. The number of halogens is 3. The summed E-state index contributed by atoms with van der Waals surface area (Å²) in [7, 11) is -4.28. The topological polar surface area (TPSA) is 70.9 Å². The normalized spacial score (nSPS) is 16.4. The molecule has 0 saturated carbocycles. The van der Waals surface area contributed by atoms with Crippen LogP contribution in [0.5, 0.6) is 0 Å². The van der Waals surface area contributed by atoms with Gasteiger partial charge in [-0.05, 0) is 36.8 Å². The van der Waals surface area contributed by atoms with Gasteiger partial charge in [-0.1, -0.05) is 24.3 Å². The molecule has 1 heterocycles. The van der Waals surface area contributed by atoms with E-state index in [4.69, 9.17) is 0 Å². The van der Waals surface area contributed by atoms with Crippen molar-refractivity contribution in [1.29, 1.82) is 0 Å². The second-order valence-electron chi connectivity index (χ2n) is 7.24. The Kier molecular flexibility index (Phi) is 6.49. The SMILES string of the molecule is Cc1cccc(NC(=O)C[NH+]2CCN(S(=O)(=O)c3ccccc3C(F)(F)F)CC2)c1. The highest BCUT2D eigenvalue weighted by Gasteiger charge is 2.40. The van der Waals surface area contributed by atoms with Crippen molar-refractivity contribution in [3.05, 3.63) is 59.7 Å². The standard InChI is InChI=1S/C20H22F3N3O3S/c1-15-5-4-6-16(13-15)24-19(27)14-25-9-11-26(12-10-25)30(28,29)18-8-3-2-7-17(18)20(21,22)23/h2-8,13H,9-12,14H2,1H3,(H,24,27)/p+1. The molecule has 6 nitrogen and oxygen atoms in total. The Morgan fingerprint density at radius 3 is 2.40 bits per heavy atom. The van der Waals surface area contributed by atoms with Crippen molar-refractivity contribution in [3.63, 3.8) is 0 Å². The zero-order valence-electron chi connectivity index (χ0n) is 16.4. The van der Waals surface area contributed by atoms with Crippen LogP contribution in [0.4, 0.5) is 18.9 Å². The van der Waals surface area contributed by atoms with E-state index in [0.717, 1.165) is 33.0 Å². The third-order valence-electron chi connectivity index (χ3n) is 4.95. The van der Waals surface area contributed by atoms with Gasteiger partial charge < -0.3 is 10.2 Å². The highest BCUT2D eigenvalue weighted by Crippen LogP contribution is 2.35. The average molecular weight is 442 g/mol. The number of piperazine rings is 1. The number of rotatable bonds is 5. The van der Waals surface area contributed by atoms with E-state index in [0.29, 0.717) is 18.8 Å². The Labute approximate surface area is 173 Å². The van der Waals surface area contributed by atoms with Crippen LogP contribution >= 0.6 is 0 Å². The molecule has 3 rings (SSSR count). The highest BCUT2D eigenvalue weighted by atomic mass is 32.2. The number of alkyl halides is 3. The van der Waals surface area contributed by atoms with Gasteiger partial charge in [0.05, 0.1) is 36.6 Å². The average Bonchev–Trinajstić information content (AvgIpc) is 2.67. The van der Waals surface area contributed by atoms with Gasteiger partial charge in [0.2, 0.25) is 10.0 Å². The number of quaternary nitrogens is 1. The van der Waals surface area contributed by atoms with Gasteiger partial charge in [0.1, 0.15) is 0 Å². The molecule has 10 heteroatoms. The molecule has 162 valence electrons. The Morgan fingerprint density at radius 1 is 1.10 bits per heavy atom. The molecule has 1 fully saturated rings. The van der Waals surface area contributed by atoms with Gasteiger partial charge in [-0.25, -0.2) is 8.42 Å². The van der Waals surface area contributed by atoms with Crippen LogP contribution < -0.4 is 10.2 Å². The Bertz CT molecular complexity index is 1020. The van der Waals surface area contributed by atoms with E-state index in [1.165, 1.54) is 6.07 Å². The second kappa shape index (κ2) is 8.75. The lowest BCUT2D eigenvalue weighted by Crippen LogP contribution is -3.15. The number of hydrogen-bond acceptors (Lipinski definition) is 3. The third-order valence-corrected chi connectivity index (χ3v) is 6.91. The summed E-state index contributed by atoms with van der Waals surface area (Å²) >= 11 is 0. The van der Waals surface area contributed by atoms with Gasteiger partial charge in [-0.15, -0.1) is 0 Å². The number of hydrogen-bond donors (Lipinski definition) is 2. The predicted molar refractivity (Wildman–Crippen MR) is 106 cm³/mol. The largest absolute Gasteiger partial charge is 0.417 e. The first-order chi connectivity index (χ1) is 14.1. The van der Waals surface area contributed by atoms with Crippen molar-refractivity contribution < 1.29 is 31.3 Å². The summed E-state index contributed by atoms with van der Waals surface area (Å²) in [6.07, 6.45) is -4.76. The predicted octanol–water partition coefficient (Wildman–Crippen LogP) is 1.54. The van der Waals surface area contributed by atoms with E-state index >= 15 is 0 Å². The molecular formula is C20H23F3N3O3S+. The van der Waals surface area contributed by atoms with E-state index < -0.39 is 26.7 Å². The molecule has 30 heavy (non-hydrogen) atoms. The van der Waals surface area contributed by atoms with Crippen LogP contribution in [-0.2, 0) is 21.0 Å². The number of carbonyl (C=O) groups is 1. The van der Waals surface area contributed by atoms with Crippen LogP contribution in [0.15, 0.2) is 53.4 Å². The molecule has 1 aliphatic heterocycles. The lowest BCUT2D eigenvalue weighted by molar-refractivity contribution is -0.895. The van der Waals surface area contributed by atoms with E-state index in [-0.39, 0.29) is 25.5 Å². The number of anilines is 1. The maximum Gasteiger partial charge on any atom is 0.417 e. The molecule has 0 bridgehead atoms. The molecule has 1 aliphatic rings. The van der Waals surface area contributed by atoms with Crippen molar-refractivity contribution in [3.8, 4) is 0 Å². The van der Waals surface area contributed by atoms with Gasteiger partial charge in [0.15, 0.2) is 6.54 Å². The van der Waals surface area contributed by atoms with Crippen molar-refractivity contribution >= 4 is 21.6 Å². The fourth-order valence-corrected chi connectivity index (χ4v) is 5.09. The van der Waals surface area contributed by atoms with Crippen molar-refractivity contribution in [2.75, 3.05) is 38.0 Å². The zero-order chi connectivity index (χ0) is 21.9. The molecule has 0 aliphatic carbocycles. The second-order valence-corrected chi connectivity index (χ2v) is 9.15. The summed E-state index contributed by atoms with van der Waals surface area (Å²) < 4.78 is 66.3. The van der Waals surface area contributed by atoms with Gasteiger partial charge in [0.25, 0.3) is 5.91 Å². The summed E-state index contributed by atoms with van der Waals surface area (Å²) in [5.41, 5.74) is 0.528. The monoisotopic (exact) mass is 442 g/mol. The number of carbonyl (C=O) groups excluding carboxylic acids is 1. The minimum absolute atomic E-state index is 0.0432. The van der Waals surface area contributed by atoms with Crippen molar-refractivity contribution in [2.24, 2.45) is 0 Å². The molecule has 0 spiro atoms. The molecular weight excluding hydrogens is 419 g/mol. The third kappa shape index (κ3) is 5.18. The van der Waals surface area contributed by atoms with Crippen LogP contribution in [0.3, 0.4) is 0 Å². The minimum Gasteiger partial charge on any atom is -0.325 e. The molecule has 0 radical (unpaired) electrons. The molecule has 2 N–H and O–H groups in total. The van der Waals surface area contributed by atoms with E-state index in [1.54, 1.807) is 6.07 Å². The van der Waals surface area contributed by atoms with Crippen molar-refractivity contribution in [1.82, 2.24) is 4.31 Å². The van der Waals surface area contributed by atoms with E-state index in [1.807, 2.05) is 25.1 Å². The fourth-order valence-electron chi connectivity index (χ4n) is 3.44. The lowest BCUT2D eigenvalue weighted by Gasteiger charge is -2.31. The first-order valence-corrected chi connectivity index (χ1v) is 10.9. The summed E-state index contributed by atoms with van der Waals surface area (Å²) in [6, 6.07) is 11.6. The fraction of sp³-hybridized carbons (Fsp3) is 0.350. The van der Waals surface area contributed by atoms with Crippen molar-refractivity contribution in [2.45, 2.75) is 18.0 Å². The Morgan fingerprint density at radius 2 is 1.77 bits per heavy atom. The van der Waals surface area contributed by atoms with Crippen LogP contribution in [0.25, 0.3) is 0 Å². The molecule has 1 amide bonds. The van der Waals surface area contributed by atoms with Crippen LogP contribution in [0.2, 0.25) is 0 Å². The highest BCUT2D eigenvalue weighted by molar-refractivity contribution is 7.89. The first kappa shape index (κ1) is 22.3. The van der Waals surface area contributed by atoms with Gasteiger partial charge >= 0.3 is 6.18 Å². The van der Waals surface area contributed by atoms with E-state index in [9.17, 15) is 26.4 Å². The van der Waals surface area contributed by atoms with Gasteiger partial charge in [0, 0.05) is 5.69 Å². The summed E-state index contributed by atoms with van der Waals surface area (Å²) in [4.78, 5) is 12.4. The Hall–Kier alpha value is -2.43. The number of nitrogens with zero attached hydrogens (tertiary/aromatic N) is 1. The Balaban J connectivity index is 1.62. The molecule has 2 aromatic rings. The minimum atomic E-state index is -4.76. The molecule has 1 saturated heterocycles. The number of benzene rings is 2. The van der Waals surface area contributed by atoms with Crippen LogP contribution in [-0.4, -0.2) is 51.4 Å². The molecule has 0 unspecified atom stereocenters. The molecule has 0 atom stereocenters. The molecule has 2 aromatic carbocycles. The number of amides is 1. The van der Waals surface area contributed by atoms with Gasteiger partial charge in [-0.2, -0.15) is 17.5 Å². The van der Waals surface area contributed by atoms with E-state index in [2.05, 4.69) is 5.32 Å². The smallest absolute Gasteiger partial charge is 0.325 e.